The van der Waals surface area contributed by atoms with Crippen molar-refractivity contribution in [3.8, 4) is 27.9 Å². The summed E-state index contributed by atoms with van der Waals surface area (Å²) in [7, 11) is 0. The fourth-order valence-electron chi connectivity index (χ4n) is 7.66. The summed E-state index contributed by atoms with van der Waals surface area (Å²) in [6.07, 6.45) is 10.0. The van der Waals surface area contributed by atoms with Crippen molar-refractivity contribution in [1.82, 2.24) is 4.57 Å². The van der Waals surface area contributed by atoms with Crippen molar-refractivity contribution < 1.29 is 4.42 Å². The molecule has 2 heteroatoms. The van der Waals surface area contributed by atoms with Gasteiger partial charge in [0.05, 0.1) is 11.2 Å². The Kier molecular flexibility index (Phi) is 5.67. The second-order valence-corrected chi connectivity index (χ2v) is 12.4. The molecular weight excluding hydrogens is 571 g/mol. The Morgan fingerprint density at radius 1 is 0.511 bits per heavy atom. The maximum Gasteiger partial charge on any atom is 0.143 e. The van der Waals surface area contributed by atoms with Gasteiger partial charge in [0, 0.05) is 33.0 Å². The van der Waals surface area contributed by atoms with Crippen LogP contribution in [0, 0.1) is 0 Å². The van der Waals surface area contributed by atoms with Gasteiger partial charge in [-0.25, -0.2) is 0 Å². The number of hydrogen-bond acceptors (Lipinski definition) is 1. The van der Waals surface area contributed by atoms with E-state index in [0.717, 1.165) is 45.2 Å². The van der Waals surface area contributed by atoms with Gasteiger partial charge in [-0.3, -0.25) is 0 Å². The smallest absolute Gasteiger partial charge is 0.143 e. The molecule has 0 N–H and O–H groups in total. The molecule has 0 atom stereocenters. The molecular formula is C45H29NO. The van der Waals surface area contributed by atoms with Gasteiger partial charge in [0.25, 0.3) is 0 Å². The van der Waals surface area contributed by atoms with Crippen molar-refractivity contribution in [3.05, 3.63) is 163 Å². The fraction of sp³-hybridized carbons (Fsp3) is 0.0222. The number of aromatic nitrogens is 1. The van der Waals surface area contributed by atoms with Gasteiger partial charge in [0.15, 0.2) is 0 Å². The number of allylic oxidation sites excluding steroid dienone is 2. The van der Waals surface area contributed by atoms with Crippen LogP contribution in [0.25, 0.3) is 94.5 Å². The van der Waals surface area contributed by atoms with Gasteiger partial charge in [0.2, 0.25) is 0 Å². The molecule has 0 unspecified atom stereocenters. The molecule has 0 amide bonds. The molecule has 2 aromatic heterocycles. The van der Waals surface area contributed by atoms with Crippen LogP contribution in [0.1, 0.15) is 17.7 Å². The summed E-state index contributed by atoms with van der Waals surface area (Å²) in [5.41, 5.74) is 11.4. The minimum Gasteiger partial charge on any atom is -0.455 e. The first-order valence-electron chi connectivity index (χ1n) is 16.3. The Morgan fingerprint density at radius 2 is 1.23 bits per heavy atom. The minimum atomic E-state index is 0.913. The first-order chi connectivity index (χ1) is 23.3. The average Bonchev–Trinajstić information content (AvgIpc) is 3.54. The zero-order valence-electron chi connectivity index (χ0n) is 25.7. The van der Waals surface area contributed by atoms with E-state index in [1.54, 1.807) is 0 Å². The predicted octanol–water partition coefficient (Wildman–Crippen LogP) is 12.6. The highest BCUT2D eigenvalue weighted by Crippen LogP contribution is 2.41. The molecule has 220 valence electrons. The second-order valence-electron chi connectivity index (χ2n) is 12.4. The van der Waals surface area contributed by atoms with Crippen molar-refractivity contribution in [2.45, 2.75) is 6.42 Å². The van der Waals surface area contributed by atoms with Gasteiger partial charge >= 0.3 is 0 Å². The van der Waals surface area contributed by atoms with Gasteiger partial charge in [-0.2, -0.15) is 0 Å². The summed E-state index contributed by atoms with van der Waals surface area (Å²) in [4.78, 5) is 0. The SMILES string of the molecule is C1=Cc2c(n(-c3cccc(-c4c5ccccc5cc5ccccc45)c3)c3ccc(-c4cccc5c4oc4ccccc45)cc23)C=CC1. The lowest BCUT2D eigenvalue weighted by Crippen LogP contribution is -1.98. The first kappa shape index (κ1) is 26.1. The van der Waals surface area contributed by atoms with Crippen LogP contribution in [-0.2, 0) is 0 Å². The largest absolute Gasteiger partial charge is 0.455 e. The topological polar surface area (TPSA) is 18.1 Å². The van der Waals surface area contributed by atoms with E-state index in [1.807, 2.05) is 6.07 Å². The molecule has 0 fully saturated rings. The lowest BCUT2D eigenvalue weighted by Gasteiger charge is -2.15. The summed E-state index contributed by atoms with van der Waals surface area (Å²) in [6.45, 7) is 0. The number of rotatable bonds is 3. The van der Waals surface area contributed by atoms with Crippen molar-refractivity contribution >= 4 is 66.5 Å². The molecule has 47 heavy (non-hydrogen) atoms. The van der Waals surface area contributed by atoms with Crippen molar-refractivity contribution in [2.75, 3.05) is 0 Å². The van der Waals surface area contributed by atoms with Gasteiger partial charge in [-0.05, 0) is 87.1 Å². The van der Waals surface area contributed by atoms with Crippen LogP contribution < -0.4 is 0 Å². The maximum atomic E-state index is 6.44. The molecule has 9 aromatic rings. The second kappa shape index (κ2) is 10.2. The lowest BCUT2D eigenvalue weighted by atomic mass is 9.92. The van der Waals surface area contributed by atoms with Crippen molar-refractivity contribution in [3.63, 3.8) is 0 Å². The number of furan rings is 1. The van der Waals surface area contributed by atoms with E-state index in [9.17, 15) is 0 Å². The molecule has 0 saturated heterocycles. The molecule has 10 rings (SSSR count). The molecule has 2 heterocycles. The first-order valence-corrected chi connectivity index (χ1v) is 16.3. The fourth-order valence-corrected chi connectivity index (χ4v) is 7.66. The summed E-state index contributed by atoms with van der Waals surface area (Å²) in [5, 5.41) is 8.58. The van der Waals surface area contributed by atoms with Crippen LogP contribution >= 0.6 is 0 Å². The predicted molar refractivity (Wildman–Crippen MR) is 199 cm³/mol. The summed E-state index contributed by atoms with van der Waals surface area (Å²) in [6, 6.07) is 50.5. The van der Waals surface area contributed by atoms with E-state index in [-0.39, 0.29) is 0 Å². The van der Waals surface area contributed by atoms with Crippen LogP contribution in [0.2, 0.25) is 0 Å². The standard InChI is InChI=1S/C45H29NO/c1-2-18-37-40-28-31(36-20-11-21-39-38-19-8-9-23-43(38)47-45(36)39)24-25-42(40)46(41(37)22-3-1)33-15-10-14-32(27-33)44-34-16-6-4-12-29(34)26-30-13-5-7-17-35(30)44/h2-28H,1H2. The molecule has 0 radical (unpaired) electrons. The third kappa shape index (κ3) is 3.98. The molecule has 0 bridgehead atoms. The molecule has 0 aliphatic heterocycles. The van der Waals surface area contributed by atoms with Crippen LogP contribution in [0.3, 0.4) is 0 Å². The van der Waals surface area contributed by atoms with E-state index >= 15 is 0 Å². The highest BCUT2D eigenvalue weighted by molar-refractivity contribution is 6.13. The number of nitrogens with zero attached hydrogens (tertiary/aromatic N) is 1. The Hall–Kier alpha value is -6.12. The monoisotopic (exact) mass is 599 g/mol. The van der Waals surface area contributed by atoms with E-state index in [0.29, 0.717) is 0 Å². The van der Waals surface area contributed by atoms with Gasteiger partial charge in [-0.1, -0.05) is 121 Å². The summed E-state index contributed by atoms with van der Waals surface area (Å²) >= 11 is 0. The molecule has 7 aromatic carbocycles. The van der Waals surface area contributed by atoms with Crippen LogP contribution in [0.4, 0.5) is 0 Å². The normalized spacial score (nSPS) is 12.9. The Bertz CT molecular complexity index is 2710. The number of hydrogen-bond donors (Lipinski definition) is 0. The zero-order chi connectivity index (χ0) is 30.9. The van der Waals surface area contributed by atoms with Gasteiger partial charge in [0.1, 0.15) is 11.2 Å². The third-order valence-corrected chi connectivity index (χ3v) is 9.76. The van der Waals surface area contributed by atoms with Crippen LogP contribution in [0.15, 0.2) is 156 Å². The lowest BCUT2D eigenvalue weighted by molar-refractivity contribution is 0.670. The number of benzene rings is 7. The van der Waals surface area contributed by atoms with E-state index in [1.165, 1.54) is 54.8 Å². The Balaban J connectivity index is 1.20. The molecule has 2 nitrogen and oxygen atoms in total. The average molecular weight is 600 g/mol. The maximum absolute atomic E-state index is 6.44. The molecule has 0 saturated carbocycles. The highest BCUT2D eigenvalue weighted by Gasteiger charge is 2.20. The highest BCUT2D eigenvalue weighted by atomic mass is 16.3. The van der Waals surface area contributed by atoms with Crippen molar-refractivity contribution in [1.29, 1.82) is 0 Å². The van der Waals surface area contributed by atoms with E-state index in [2.05, 4.69) is 162 Å². The third-order valence-electron chi connectivity index (χ3n) is 9.76. The van der Waals surface area contributed by atoms with E-state index in [4.69, 9.17) is 4.42 Å². The number of para-hydroxylation sites is 2. The van der Waals surface area contributed by atoms with Gasteiger partial charge < -0.3 is 8.98 Å². The van der Waals surface area contributed by atoms with E-state index < -0.39 is 0 Å². The van der Waals surface area contributed by atoms with Gasteiger partial charge in [-0.15, -0.1) is 0 Å². The van der Waals surface area contributed by atoms with Crippen LogP contribution in [-0.4, -0.2) is 4.57 Å². The summed E-state index contributed by atoms with van der Waals surface area (Å²) < 4.78 is 8.87. The molecule has 1 aliphatic carbocycles. The van der Waals surface area contributed by atoms with Crippen LogP contribution in [0.5, 0.6) is 0 Å². The Labute approximate surface area is 272 Å². The Morgan fingerprint density at radius 3 is 2.09 bits per heavy atom. The molecule has 0 spiro atoms. The quantitative estimate of drug-likeness (QED) is 0.185. The summed E-state index contributed by atoms with van der Waals surface area (Å²) in [5.74, 6) is 0. The zero-order valence-corrected chi connectivity index (χ0v) is 25.7. The van der Waals surface area contributed by atoms with Crippen molar-refractivity contribution in [2.24, 2.45) is 0 Å². The minimum absolute atomic E-state index is 0.913. The number of fused-ring (bicyclic) bond motifs is 8. The molecule has 1 aliphatic rings.